The number of hydrogen-bond donors (Lipinski definition) is 2. The molecule has 1 aliphatic rings. The summed E-state index contributed by atoms with van der Waals surface area (Å²) >= 11 is 1.82. The highest BCUT2D eigenvalue weighted by Crippen LogP contribution is 2.24. The van der Waals surface area contributed by atoms with Crippen LogP contribution in [0.25, 0.3) is 0 Å². The molecule has 0 radical (unpaired) electrons. The van der Waals surface area contributed by atoms with Crippen LogP contribution in [-0.2, 0) is 13.6 Å². The Bertz CT molecular complexity index is 721. The molecule has 156 valence electrons. The predicted molar refractivity (Wildman–Crippen MR) is 128 cm³/mol. The third kappa shape index (κ3) is 6.33. The summed E-state index contributed by atoms with van der Waals surface area (Å²) in [4.78, 5) is 7.24. The van der Waals surface area contributed by atoms with Crippen molar-refractivity contribution in [1.29, 1.82) is 0 Å². The lowest BCUT2D eigenvalue weighted by atomic mass is 10.1. The fraction of sp³-hybridized carbons (Fsp3) is 0.632. The minimum absolute atomic E-state index is 0. The molecule has 7 nitrogen and oxygen atoms in total. The number of aryl methyl sites for hydroxylation is 1. The summed E-state index contributed by atoms with van der Waals surface area (Å²) < 4.78 is 1.99. The number of halogens is 1. The number of aromatic nitrogens is 3. The molecule has 2 aromatic rings. The van der Waals surface area contributed by atoms with Gasteiger partial charge < -0.3 is 20.1 Å². The Kier molecular flexibility index (Phi) is 9.49. The van der Waals surface area contributed by atoms with Crippen molar-refractivity contribution in [3.8, 4) is 0 Å². The van der Waals surface area contributed by atoms with Crippen molar-refractivity contribution >= 4 is 46.3 Å². The van der Waals surface area contributed by atoms with E-state index in [4.69, 9.17) is 4.99 Å². The van der Waals surface area contributed by atoms with Crippen molar-refractivity contribution in [1.82, 2.24) is 25.4 Å². The van der Waals surface area contributed by atoms with Crippen LogP contribution in [0.2, 0.25) is 0 Å². The van der Waals surface area contributed by atoms with E-state index in [1.54, 1.807) is 0 Å². The van der Waals surface area contributed by atoms with Gasteiger partial charge in [-0.3, -0.25) is 0 Å². The molecule has 1 fully saturated rings. The zero-order valence-corrected chi connectivity index (χ0v) is 20.2. The van der Waals surface area contributed by atoms with E-state index < -0.39 is 0 Å². The summed E-state index contributed by atoms with van der Waals surface area (Å²) in [5.74, 6) is 2.69. The van der Waals surface area contributed by atoms with E-state index in [-0.39, 0.29) is 24.0 Å². The summed E-state index contributed by atoms with van der Waals surface area (Å²) in [6.07, 6.45) is 4.55. The van der Waals surface area contributed by atoms with E-state index in [0.717, 1.165) is 56.5 Å². The van der Waals surface area contributed by atoms with Crippen LogP contribution in [0.4, 0.5) is 5.00 Å². The molecule has 0 bridgehead atoms. The van der Waals surface area contributed by atoms with Crippen molar-refractivity contribution in [3.63, 3.8) is 0 Å². The SMILES string of the molecule is CCCCNC(=NCc1nnc(C)n1C)NC1CCN(c2cccs2)CC1.I. The van der Waals surface area contributed by atoms with Crippen LogP contribution in [0, 0.1) is 6.92 Å². The number of guanidine groups is 1. The molecule has 2 N–H and O–H groups in total. The lowest BCUT2D eigenvalue weighted by Crippen LogP contribution is -2.48. The molecule has 1 aliphatic heterocycles. The Labute approximate surface area is 189 Å². The molecule has 0 atom stereocenters. The van der Waals surface area contributed by atoms with Crippen molar-refractivity contribution in [2.45, 2.75) is 52.1 Å². The van der Waals surface area contributed by atoms with Crippen LogP contribution in [0.5, 0.6) is 0 Å². The molecule has 0 aromatic carbocycles. The van der Waals surface area contributed by atoms with E-state index in [9.17, 15) is 0 Å². The zero-order chi connectivity index (χ0) is 19.1. The Hall–Kier alpha value is -1.36. The third-order valence-electron chi connectivity index (χ3n) is 5.04. The average Bonchev–Trinajstić information content (AvgIpc) is 3.32. The van der Waals surface area contributed by atoms with Gasteiger partial charge in [0.15, 0.2) is 11.8 Å². The number of nitrogens with zero attached hydrogens (tertiary/aromatic N) is 5. The highest BCUT2D eigenvalue weighted by atomic mass is 127. The standard InChI is InChI=1S/C19H31N7S.HI/c1-4-5-10-20-19(21-14-17-24-23-15(2)25(17)3)22-16-8-11-26(12-9-16)18-7-6-13-27-18;/h6-7,13,16H,4-5,8-12,14H2,1-3H3,(H2,20,21,22);1H. The molecular weight excluding hydrogens is 485 g/mol. The van der Waals surface area contributed by atoms with Crippen LogP contribution in [0.15, 0.2) is 22.5 Å². The van der Waals surface area contributed by atoms with Crippen LogP contribution in [0.3, 0.4) is 0 Å². The summed E-state index contributed by atoms with van der Waals surface area (Å²) in [5, 5.41) is 19.0. The molecular formula is C19H32IN7S. The number of piperidine rings is 1. The highest BCUT2D eigenvalue weighted by molar-refractivity contribution is 14.0. The quantitative estimate of drug-likeness (QED) is 0.255. The number of nitrogens with one attached hydrogen (secondary N) is 2. The van der Waals surface area contributed by atoms with Crippen molar-refractivity contribution < 1.29 is 0 Å². The number of unbranched alkanes of at least 4 members (excludes halogenated alkanes) is 1. The van der Waals surface area contributed by atoms with Gasteiger partial charge in [0, 0.05) is 32.7 Å². The molecule has 0 saturated carbocycles. The first kappa shape index (κ1) is 22.9. The molecule has 0 unspecified atom stereocenters. The van der Waals surface area contributed by atoms with Gasteiger partial charge >= 0.3 is 0 Å². The van der Waals surface area contributed by atoms with Gasteiger partial charge in [-0.15, -0.1) is 45.5 Å². The second kappa shape index (κ2) is 11.6. The minimum atomic E-state index is 0. The molecule has 0 spiro atoms. The van der Waals surface area contributed by atoms with Gasteiger partial charge in [0.05, 0.1) is 5.00 Å². The second-order valence-electron chi connectivity index (χ2n) is 7.02. The molecule has 3 rings (SSSR count). The fourth-order valence-electron chi connectivity index (χ4n) is 3.16. The fourth-order valence-corrected chi connectivity index (χ4v) is 3.95. The lowest BCUT2D eigenvalue weighted by Gasteiger charge is -2.33. The molecule has 28 heavy (non-hydrogen) atoms. The van der Waals surface area contributed by atoms with Gasteiger partial charge in [-0.25, -0.2) is 4.99 Å². The normalized spacial score (nSPS) is 15.4. The predicted octanol–water partition coefficient (Wildman–Crippen LogP) is 3.31. The van der Waals surface area contributed by atoms with Gasteiger partial charge in [0.1, 0.15) is 12.4 Å². The topological polar surface area (TPSA) is 70.4 Å². The molecule has 3 heterocycles. The first-order valence-electron chi connectivity index (χ1n) is 9.85. The summed E-state index contributed by atoms with van der Waals surface area (Å²) in [6, 6.07) is 4.79. The molecule has 2 aromatic heterocycles. The maximum Gasteiger partial charge on any atom is 0.191 e. The molecule has 0 aliphatic carbocycles. The first-order valence-corrected chi connectivity index (χ1v) is 10.7. The van der Waals surface area contributed by atoms with Gasteiger partial charge in [0.2, 0.25) is 0 Å². The van der Waals surface area contributed by atoms with E-state index in [1.165, 1.54) is 11.4 Å². The Morgan fingerprint density at radius 2 is 2.11 bits per heavy atom. The average molecular weight is 517 g/mol. The van der Waals surface area contributed by atoms with E-state index in [0.29, 0.717) is 12.6 Å². The summed E-state index contributed by atoms with van der Waals surface area (Å²) in [5.41, 5.74) is 0. The van der Waals surface area contributed by atoms with Crippen LogP contribution < -0.4 is 15.5 Å². The van der Waals surface area contributed by atoms with Gasteiger partial charge in [-0.05, 0) is 43.7 Å². The molecule has 9 heteroatoms. The van der Waals surface area contributed by atoms with Gasteiger partial charge in [0.25, 0.3) is 0 Å². The Morgan fingerprint density at radius 1 is 1.32 bits per heavy atom. The van der Waals surface area contributed by atoms with Crippen LogP contribution >= 0.6 is 35.3 Å². The number of rotatable bonds is 7. The largest absolute Gasteiger partial charge is 0.363 e. The smallest absolute Gasteiger partial charge is 0.191 e. The second-order valence-corrected chi connectivity index (χ2v) is 7.95. The number of aliphatic imine (C=N–C) groups is 1. The molecule has 1 saturated heterocycles. The van der Waals surface area contributed by atoms with Crippen LogP contribution in [0.1, 0.15) is 44.3 Å². The minimum Gasteiger partial charge on any atom is -0.363 e. The third-order valence-corrected chi connectivity index (χ3v) is 5.97. The van der Waals surface area contributed by atoms with E-state index in [2.05, 4.69) is 50.2 Å². The first-order chi connectivity index (χ1) is 13.2. The zero-order valence-electron chi connectivity index (χ0n) is 17.0. The Balaban J connectivity index is 0.00000280. The van der Waals surface area contributed by atoms with E-state index >= 15 is 0 Å². The lowest BCUT2D eigenvalue weighted by molar-refractivity contribution is 0.462. The number of thiophene rings is 1. The monoisotopic (exact) mass is 517 g/mol. The number of hydrogen-bond acceptors (Lipinski definition) is 5. The van der Waals surface area contributed by atoms with Crippen molar-refractivity contribution in [3.05, 3.63) is 29.2 Å². The maximum absolute atomic E-state index is 4.76. The van der Waals surface area contributed by atoms with Crippen molar-refractivity contribution in [2.75, 3.05) is 24.5 Å². The highest BCUT2D eigenvalue weighted by Gasteiger charge is 2.20. The van der Waals surface area contributed by atoms with Crippen LogP contribution in [-0.4, -0.2) is 46.4 Å². The summed E-state index contributed by atoms with van der Waals surface area (Å²) in [7, 11) is 1.98. The van der Waals surface area contributed by atoms with Crippen molar-refractivity contribution in [2.24, 2.45) is 12.0 Å². The number of anilines is 1. The van der Waals surface area contributed by atoms with Gasteiger partial charge in [-0.2, -0.15) is 0 Å². The molecule has 0 amide bonds. The Morgan fingerprint density at radius 3 is 2.71 bits per heavy atom. The van der Waals surface area contributed by atoms with E-state index in [1.807, 2.05) is 29.9 Å². The van der Waals surface area contributed by atoms with Gasteiger partial charge in [-0.1, -0.05) is 13.3 Å². The summed E-state index contributed by atoms with van der Waals surface area (Å²) in [6.45, 7) is 7.81. The maximum atomic E-state index is 4.76.